The molecule has 3 rings (SSSR count). The number of anilines is 1. The first-order valence-corrected chi connectivity index (χ1v) is 8.70. The fourth-order valence-corrected chi connectivity index (χ4v) is 3.04. The number of amides is 1. The third kappa shape index (κ3) is 3.97. The lowest BCUT2D eigenvalue weighted by molar-refractivity contribution is -0.118. The number of carbonyl (C=O) groups is 1. The number of halogens is 3. The molecule has 1 saturated carbocycles. The fraction of sp³-hybridized carbons (Fsp3) is 0.375. The molecule has 0 saturated heterocycles. The van der Waals surface area contributed by atoms with Crippen LogP contribution >= 0.6 is 34.8 Å². The average Bonchev–Trinajstić information content (AvgIpc) is 3.29. The molecule has 1 N–H and O–H groups in total. The van der Waals surface area contributed by atoms with E-state index in [4.69, 9.17) is 39.5 Å². The zero-order valence-corrected chi connectivity index (χ0v) is 15.2. The number of hydrogen-bond acceptors (Lipinski definition) is 3. The van der Waals surface area contributed by atoms with Crippen molar-refractivity contribution in [2.45, 2.75) is 25.8 Å². The van der Waals surface area contributed by atoms with Gasteiger partial charge in [-0.1, -0.05) is 34.8 Å². The Morgan fingerprint density at radius 2 is 2.04 bits per heavy atom. The van der Waals surface area contributed by atoms with Crippen LogP contribution in [-0.4, -0.2) is 22.3 Å². The number of nitrogens with one attached hydrogen (secondary N) is 1. The maximum absolute atomic E-state index is 12.1. The van der Waals surface area contributed by atoms with Crippen molar-refractivity contribution in [3.63, 3.8) is 0 Å². The summed E-state index contributed by atoms with van der Waals surface area (Å²) in [6.45, 7) is 1.91. The Balaban J connectivity index is 1.60. The highest BCUT2D eigenvalue weighted by Crippen LogP contribution is 2.40. The second kappa shape index (κ2) is 7.21. The maximum atomic E-state index is 12.1. The van der Waals surface area contributed by atoms with E-state index in [9.17, 15) is 4.79 Å². The first kappa shape index (κ1) is 17.4. The number of rotatable bonds is 6. The van der Waals surface area contributed by atoms with Crippen molar-refractivity contribution < 1.29 is 9.53 Å². The van der Waals surface area contributed by atoms with Gasteiger partial charge in [-0.15, -0.1) is 0 Å². The largest absolute Gasteiger partial charge is 0.482 e. The molecule has 1 aromatic carbocycles. The standard InChI is InChI=1S/C16H16Cl3N3O2/c1-9(10-2-3-10)22-15(4-5-20-22)21-16(23)8-24-14-7-12(18)11(17)6-13(14)19/h4-7,9-10H,2-3,8H2,1H3,(H,21,23). The van der Waals surface area contributed by atoms with E-state index in [1.165, 1.54) is 25.0 Å². The normalized spacial score (nSPS) is 15.2. The third-order valence-corrected chi connectivity index (χ3v) is 4.98. The van der Waals surface area contributed by atoms with Crippen LogP contribution in [0, 0.1) is 5.92 Å². The Morgan fingerprint density at radius 3 is 2.75 bits per heavy atom. The Bertz CT molecular complexity index is 759. The summed E-state index contributed by atoms with van der Waals surface area (Å²) in [4.78, 5) is 12.1. The van der Waals surface area contributed by atoms with E-state index in [0.29, 0.717) is 32.6 Å². The molecule has 0 bridgehead atoms. The average molecular weight is 389 g/mol. The van der Waals surface area contributed by atoms with Crippen LogP contribution < -0.4 is 10.1 Å². The molecule has 24 heavy (non-hydrogen) atoms. The van der Waals surface area contributed by atoms with E-state index in [-0.39, 0.29) is 18.6 Å². The monoisotopic (exact) mass is 387 g/mol. The van der Waals surface area contributed by atoms with Crippen molar-refractivity contribution >= 4 is 46.5 Å². The molecule has 0 aliphatic heterocycles. The van der Waals surface area contributed by atoms with Gasteiger partial charge in [0.25, 0.3) is 5.91 Å². The molecule has 1 aliphatic rings. The van der Waals surface area contributed by atoms with Crippen LogP contribution in [0.2, 0.25) is 15.1 Å². The summed E-state index contributed by atoms with van der Waals surface area (Å²) >= 11 is 17.8. The van der Waals surface area contributed by atoms with Crippen LogP contribution in [0.3, 0.4) is 0 Å². The molecule has 2 aromatic rings. The minimum atomic E-state index is -0.304. The third-order valence-electron chi connectivity index (χ3n) is 3.96. The molecule has 8 heteroatoms. The van der Waals surface area contributed by atoms with Crippen LogP contribution in [0.1, 0.15) is 25.8 Å². The number of nitrogens with zero attached hydrogens (tertiary/aromatic N) is 2. The zero-order valence-electron chi connectivity index (χ0n) is 12.9. The predicted octanol–water partition coefficient (Wildman–Crippen LogP) is 4.83. The summed E-state index contributed by atoms with van der Waals surface area (Å²) in [5.74, 6) is 1.29. The SMILES string of the molecule is CC(C1CC1)n1nccc1NC(=O)COc1cc(Cl)c(Cl)cc1Cl. The summed E-state index contributed by atoms with van der Waals surface area (Å²) in [6, 6.07) is 4.99. The van der Waals surface area contributed by atoms with Crippen molar-refractivity contribution in [2.24, 2.45) is 5.92 Å². The Hall–Kier alpha value is -1.43. The van der Waals surface area contributed by atoms with E-state index in [2.05, 4.69) is 17.3 Å². The van der Waals surface area contributed by atoms with Crippen molar-refractivity contribution in [1.29, 1.82) is 0 Å². The summed E-state index contributed by atoms with van der Waals surface area (Å²) in [7, 11) is 0. The maximum Gasteiger partial charge on any atom is 0.263 e. The molecule has 1 aromatic heterocycles. The highest BCUT2D eigenvalue weighted by atomic mass is 35.5. The minimum Gasteiger partial charge on any atom is -0.482 e. The molecule has 0 spiro atoms. The number of benzene rings is 1. The van der Waals surface area contributed by atoms with E-state index in [1.54, 1.807) is 12.3 Å². The summed E-state index contributed by atoms with van der Waals surface area (Å²) < 4.78 is 7.26. The van der Waals surface area contributed by atoms with Gasteiger partial charge in [-0.2, -0.15) is 5.10 Å². The molecule has 1 heterocycles. The van der Waals surface area contributed by atoms with E-state index >= 15 is 0 Å². The number of aromatic nitrogens is 2. The molecule has 0 radical (unpaired) electrons. The van der Waals surface area contributed by atoms with Gasteiger partial charge in [0.05, 0.1) is 27.3 Å². The van der Waals surface area contributed by atoms with Gasteiger partial charge in [-0.05, 0) is 31.7 Å². The summed E-state index contributed by atoms with van der Waals surface area (Å²) in [5.41, 5.74) is 0. The number of carbonyl (C=O) groups excluding carboxylic acids is 1. The Labute approximate surface area is 154 Å². The molecule has 1 aliphatic carbocycles. The first-order chi connectivity index (χ1) is 11.5. The predicted molar refractivity (Wildman–Crippen MR) is 95.3 cm³/mol. The zero-order chi connectivity index (χ0) is 17.3. The van der Waals surface area contributed by atoms with Crippen LogP contribution in [-0.2, 0) is 4.79 Å². The van der Waals surface area contributed by atoms with Gasteiger partial charge in [0.2, 0.25) is 0 Å². The number of hydrogen-bond donors (Lipinski definition) is 1. The Morgan fingerprint density at radius 1 is 1.33 bits per heavy atom. The number of ether oxygens (including phenoxy) is 1. The second-order valence-electron chi connectivity index (χ2n) is 5.77. The van der Waals surface area contributed by atoms with Crippen LogP contribution in [0.5, 0.6) is 5.75 Å². The summed E-state index contributed by atoms with van der Waals surface area (Å²) in [5, 5.41) is 8.03. The second-order valence-corrected chi connectivity index (χ2v) is 6.99. The van der Waals surface area contributed by atoms with Crippen molar-refractivity contribution in [3.8, 4) is 5.75 Å². The van der Waals surface area contributed by atoms with Gasteiger partial charge in [-0.3, -0.25) is 4.79 Å². The van der Waals surface area contributed by atoms with Crippen LogP contribution in [0.25, 0.3) is 0 Å². The van der Waals surface area contributed by atoms with Gasteiger partial charge in [0.1, 0.15) is 11.6 Å². The lowest BCUT2D eigenvalue weighted by Gasteiger charge is -2.15. The van der Waals surface area contributed by atoms with Crippen molar-refractivity contribution in [1.82, 2.24) is 9.78 Å². The van der Waals surface area contributed by atoms with Gasteiger partial charge >= 0.3 is 0 Å². The van der Waals surface area contributed by atoms with Crippen LogP contribution in [0.15, 0.2) is 24.4 Å². The van der Waals surface area contributed by atoms with Gasteiger partial charge < -0.3 is 10.1 Å². The summed E-state index contributed by atoms with van der Waals surface area (Å²) in [6.07, 6.45) is 4.08. The Kier molecular flexibility index (Phi) is 5.23. The van der Waals surface area contributed by atoms with Crippen LogP contribution in [0.4, 0.5) is 5.82 Å². The molecule has 1 amide bonds. The molecular weight excluding hydrogens is 373 g/mol. The molecule has 1 fully saturated rings. The van der Waals surface area contributed by atoms with E-state index in [0.717, 1.165) is 0 Å². The smallest absolute Gasteiger partial charge is 0.263 e. The highest BCUT2D eigenvalue weighted by molar-refractivity contribution is 6.43. The fourth-order valence-electron chi connectivity index (χ4n) is 2.45. The van der Waals surface area contributed by atoms with E-state index in [1.807, 2.05) is 4.68 Å². The highest BCUT2D eigenvalue weighted by Gasteiger charge is 2.30. The van der Waals surface area contributed by atoms with Gasteiger partial charge in [0, 0.05) is 12.1 Å². The molecule has 1 unspecified atom stereocenters. The van der Waals surface area contributed by atoms with Crippen molar-refractivity contribution in [3.05, 3.63) is 39.5 Å². The minimum absolute atomic E-state index is 0.194. The molecule has 1 atom stereocenters. The quantitative estimate of drug-likeness (QED) is 0.721. The van der Waals surface area contributed by atoms with Crippen molar-refractivity contribution in [2.75, 3.05) is 11.9 Å². The molecule has 5 nitrogen and oxygen atoms in total. The molecule has 128 valence electrons. The van der Waals surface area contributed by atoms with Gasteiger partial charge in [-0.25, -0.2) is 4.68 Å². The lowest BCUT2D eigenvalue weighted by atomic mass is 10.2. The molecular formula is C16H16Cl3N3O2. The van der Waals surface area contributed by atoms with E-state index < -0.39 is 0 Å². The first-order valence-electron chi connectivity index (χ1n) is 7.56. The lowest BCUT2D eigenvalue weighted by Crippen LogP contribution is -2.23. The topological polar surface area (TPSA) is 56.2 Å². The van der Waals surface area contributed by atoms with Gasteiger partial charge in [0.15, 0.2) is 6.61 Å².